The highest BCUT2D eigenvalue weighted by Crippen LogP contribution is 2.39. The summed E-state index contributed by atoms with van der Waals surface area (Å²) in [6, 6.07) is 13.5. The van der Waals surface area contributed by atoms with Crippen molar-refractivity contribution in [1.29, 1.82) is 0 Å². The number of anilines is 2. The molecule has 1 atom stereocenters. The quantitative estimate of drug-likeness (QED) is 0.124. The van der Waals surface area contributed by atoms with Gasteiger partial charge in [-0.1, -0.05) is 18.2 Å². The van der Waals surface area contributed by atoms with Crippen LogP contribution in [-0.2, 0) is 12.7 Å². The second-order valence-corrected chi connectivity index (χ2v) is 9.10. The molecule has 2 aromatic carbocycles. The van der Waals surface area contributed by atoms with Crippen molar-refractivity contribution >= 4 is 34.6 Å². The Morgan fingerprint density at radius 1 is 1.02 bits per heavy atom. The van der Waals surface area contributed by atoms with E-state index >= 15 is 0 Å². The smallest absolute Gasteiger partial charge is 0.420 e. The molecule has 13 heteroatoms. The SMILES string of the molecule is Nc1ccc(/C=C/C(O)NCc2cc3cc(-c4ccc(C(=O)NNc5cnccn5)cc4)cc(C(F)(F)F)c3o2)cn1. The number of aromatic nitrogens is 3. The number of hydrogen-bond donors (Lipinski definition) is 5. The van der Waals surface area contributed by atoms with E-state index in [1.807, 2.05) is 0 Å². The number of carbonyl (C=O) groups excluding carboxylic acids is 1. The number of carbonyl (C=O) groups is 1. The van der Waals surface area contributed by atoms with E-state index < -0.39 is 23.9 Å². The highest BCUT2D eigenvalue weighted by atomic mass is 19.4. The van der Waals surface area contributed by atoms with E-state index in [4.69, 9.17) is 10.2 Å². The average molecular weight is 576 g/mol. The first-order chi connectivity index (χ1) is 20.2. The molecule has 214 valence electrons. The normalized spacial score (nSPS) is 12.5. The molecule has 0 fully saturated rings. The van der Waals surface area contributed by atoms with Crippen LogP contribution in [0.1, 0.15) is 27.2 Å². The molecule has 0 aliphatic rings. The number of nitrogens with two attached hydrogens (primary N) is 1. The van der Waals surface area contributed by atoms with Gasteiger partial charge in [-0.15, -0.1) is 0 Å². The molecule has 0 spiro atoms. The zero-order valence-electron chi connectivity index (χ0n) is 21.8. The van der Waals surface area contributed by atoms with Gasteiger partial charge < -0.3 is 15.3 Å². The van der Waals surface area contributed by atoms with Crippen LogP contribution in [0.2, 0.25) is 0 Å². The highest BCUT2D eigenvalue weighted by molar-refractivity contribution is 5.95. The molecule has 0 saturated heterocycles. The standard InChI is InChI=1S/C29H24F3N7O3/c30-29(31,32)23-13-20(18-3-5-19(6-4-18)28(41)39-38-25-16-34-9-10-35-25)11-21-12-22(42-27(21)23)15-37-26(40)8-2-17-1-7-24(33)36-14-17/h1-14,16,26,37,40H,15H2,(H2,33,36)(H,35,38)(H,39,41)/b8-2+. The van der Waals surface area contributed by atoms with Crippen molar-refractivity contribution in [3.8, 4) is 11.1 Å². The Morgan fingerprint density at radius 3 is 2.52 bits per heavy atom. The first-order valence-electron chi connectivity index (χ1n) is 12.5. The van der Waals surface area contributed by atoms with Crippen molar-refractivity contribution in [2.24, 2.45) is 0 Å². The summed E-state index contributed by atoms with van der Waals surface area (Å²) in [6.07, 6.45) is 3.21. The number of nitrogens with zero attached hydrogens (tertiary/aromatic N) is 3. The average Bonchev–Trinajstić information content (AvgIpc) is 3.41. The number of benzene rings is 2. The maximum absolute atomic E-state index is 14.0. The van der Waals surface area contributed by atoms with Crippen LogP contribution < -0.4 is 21.9 Å². The van der Waals surface area contributed by atoms with Crippen LogP contribution in [0.15, 0.2) is 89.9 Å². The van der Waals surface area contributed by atoms with Gasteiger partial charge in [0.15, 0.2) is 5.82 Å². The first kappa shape index (κ1) is 28.3. The highest BCUT2D eigenvalue weighted by Gasteiger charge is 2.35. The predicted molar refractivity (Wildman–Crippen MR) is 150 cm³/mol. The number of aliphatic hydroxyl groups excluding tert-OH is 1. The summed E-state index contributed by atoms with van der Waals surface area (Å²) in [6.45, 7) is -0.0286. The molecule has 42 heavy (non-hydrogen) atoms. The fourth-order valence-corrected chi connectivity index (χ4v) is 4.03. The summed E-state index contributed by atoms with van der Waals surface area (Å²) in [7, 11) is 0. The number of amides is 1. The third-order valence-corrected chi connectivity index (χ3v) is 6.09. The van der Waals surface area contributed by atoms with E-state index in [-0.39, 0.29) is 28.8 Å². The van der Waals surface area contributed by atoms with E-state index in [2.05, 4.69) is 31.1 Å². The summed E-state index contributed by atoms with van der Waals surface area (Å²) in [5.74, 6) is 0.446. The fraction of sp³-hybridized carbons (Fsp3) is 0.103. The Hall–Kier alpha value is -5.27. The zero-order chi connectivity index (χ0) is 29.7. The van der Waals surface area contributed by atoms with Crippen molar-refractivity contribution in [1.82, 2.24) is 25.7 Å². The van der Waals surface area contributed by atoms with Crippen molar-refractivity contribution < 1.29 is 27.5 Å². The molecule has 10 nitrogen and oxygen atoms in total. The third kappa shape index (κ3) is 6.89. The van der Waals surface area contributed by atoms with Gasteiger partial charge in [0.05, 0.1) is 18.3 Å². The fourth-order valence-electron chi connectivity index (χ4n) is 4.03. The van der Waals surface area contributed by atoms with Crippen LogP contribution >= 0.6 is 0 Å². The Labute approximate surface area is 237 Å². The van der Waals surface area contributed by atoms with Crippen LogP contribution in [-0.4, -0.2) is 32.2 Å². The van der Waals surface area contributed by atoms with E-state index in [9.17, 15) is 23.1 Å². The predicted octanol–water partition coefficient (Wildman–Crippen LogP) is 4.76. The summed E-state index contributed by atoms with van der Waals surface area (Å²) < 4.78 is 47.6. The molecule has 1 unspecified atom stereocenters. The van der Waals surface area contributed by atoms with Gasteiger partial charge >= 0.3 is 6.18 Å². The summed E-state index contributed by atoms with van der Waals surface area (Å²) in [5, 5.41) is 13.3. The van der Waals surface area contributed by atoms with Gasteiger partial charge in [0.1, 0.15) is 23.4 Å². The van der Waals surface area contributed by atoms with Crippen LogP contribution in [0.5, 0.6) is 0 Å². The summed E-state index contributed by atoms with van der Waals surface area (Å²) in [5.41, 5.74) is 11.2. The second-order valence-electron chi connectivity index (χ2n) is 9.10. The van der Waals surface area contributed by atoms with E-state index in [1.54, 1.807) is 36.4 Å². The second kappa shape index (κ2) is 12.1. The van der Waals surface area contributed by atoms with Gasteiger partial charge in [-0.3, -0.25) is 25.9 Å². The number of hydrazine groups is 1. The molecular weight excluding hydrogens is 551 g/mol. The maximum atomic E-state index is 14.0. The molecule has 5 aromatic rings. The molecule has 0 aliphatic carbocycles. The minimum atomic E-state index is -4.68. The van der Waals surface area contributed by atoms with Crippen molar-refractivity contribution in [3.05, 3.63) is 108 Å². The Balaban J connectivity index is 1.31. The Morgan fingerprint density at radius 2 is 1.83 bits per heavy atom. The molecule has 0 radical (unpaired) electrons. The Bertz CT molecular complexity index is 1710. The number of alkyl halides is 3. The van der Waals surface area contributed by atoms with Gasteiger partial charge in [0, 0.05) is 29.5 Å². The van der Waals surface area contributed by atoms with Crippen molar-refractivity contribution in [2.75, 3.05) is 11.2 Å². The zero-order valence-corrected chi connectivity index (χ0v) is 21.8. The van der Waals surface area contributed by atoms with E-state index in [0.717, 1.165) is 6.07 Å². The molecule has 0 saturated carbocycles. The largest absolute Gasteiger partial charge is 0.459 e. The van der Waals surface area contributed by atoms with Crippen LogP contribution in [0.3, 0.4) is 0 Å². The van der Waals surface area contributed by atoms with E-state index in [1.165, 1.54) is 49.1 Å². The van der Waals surface area contributed by atoms with Crippen molar-refractivity contribution in [3.63, 3.8) is 0 Å². The third-order valence-electron chi connectivity index (χ3n) is 6.09. The molecule has 6 N–H and O–H groups in total. The lowest BCUT2D eigenvalue weighted by molar-refractivity contribution is -0.136. The molecule has 0 aliphatic heterocycles. The van der Waals surface area contributed by atoms with Gasteiger partial charge in [0.25, 0.3) is 5.91 Å². The lowest BCUT2D eigenvalue weighted by Crippen LogP contribution is -2.29. The monoisotopic (exact) mass is 575 g/mol. The van der Waals surface area contributed by atoms with Crippen LogP contribution in [0.4, 0.5) is 24.8 Å². The molecule has 1 amide bonds. The molecule has 0 bridgehead atoms. The molecule has 5 rings (SSSR count). The number of pyridine rings is 1. The van der Waals surface area contributed by atoms with Gasteiger partial charge in [-0.2, -0.15) is 13.2 Å². The number of nitrogens with one attached hydrogen (secondary N) is 3. The van der Waals surface area contributed by atoms with Gasteiger partial charge in [0.2, 0.25) is 0 Å². The van der Waals surface area contributed by atoms with Gasteiger partial charge in [-0.25, -0.2) is 9.97 Å². The van der Waals surface area contributed by atoms with Crippen LogP contribution in [0.25, 0.3) is 28.2 Å². The number of rotatable bonds is 9. The van der Waals surface area contributed by atoms with Crippen molar-refractivity contribution in [2.45, 2.75) is 18.9 Å². The number of fused-ring (bicyclic) bond motifs is 1. The lowest BCUT2D eigenvalue weighted by atomic mass is 9.99. The minimum absolute atomic E-state index is 0.0286. The molecule has 3 aromatic heterocycles. The summed E-state index contributed by atoms with van der Waals surface area (Å²) in [4.78, 5) is 24.3. The first-order valence-corrected chi connectivity index (χ1v) is 12.5. The Kier molecular flexibility index (Phi) is 8.13. The number of halogens is 3. The lowest BCUT2D eigenvalue weighted by Gasteiger charge is -2.11. The molecule has 3 heterocycles. The minimum Gasteiger partial charge on any atom is -0.459 e. The van der Waals surface area contributed by atoms with E-state index in [0.29, 0.717) is 28.3 Å². The number of hydrogen-bond acceptors (Lipinski definition) is 9. The molecular formula is C29H24F3N7O3. The summed E-state index contributed by atoms with van der Waals surface area (Å²) >= 11 is 0. The number of nitrogen functional groups attached to an aromatic ring is 1. The number of aliphatic hydroxyl groups is 1. The van der Waals surface area contributed by atoms with Crippen LogP contribution in [0, 0.1) is 0 Å². The number of furan rings is 1. The maximum Gasteiger partial charge on any atom is 0.420 e. The topological polar surface area (TPSA) is 151 Å². The van der Waals surface area contributed by atoms with Gasteiger partial charge in [-0.05, 0) is 65.2 Å².